The molecule has 0 fully saturated rings. The molecule has 1 heterocycles. The van der Waals surface area contributed by atoms with Crippen LogP contribution in [0.5, 0.6) is 0 Å². The van der Waals surface area contributed by atoms with Crippen molar-refractivity contribution in [1.82, 2.24) is 0 Å². The fraction of sp³-hybridized carbons (Fsp3) is 0.714. The summed E-state index contributed by atoms with van der Waals surface area (Å²) in [6, 6.07) is 0. The topological polar surface area (TPSA) is 188 Å². The molecule has 62 heavy (non-hydrogen) atoms. The number of aliphatic hydroxyl groups excluding tert-OH is 2. The van der Waals surface area contributed by atoms with Crippen molar-refractivity contribution >= 4 is 19.8 Å². The lowest BCUT2D eigenvalue weighted by Gasteiger charge is -2.20. The zero-order valence-electron chi connectivity index (χ0n) is 38.8. The van der Waals surface area contributed by atoms with Crippen LogP contribution in [0.15, 0.2) is 53.0 Å². The molecule has 0 saturated heterocycles. The SMILES string of the molecule is CC/C=C\C/C=C\C/C=C\C/C=C\C[C@@H](O)[C@H](O)CCCC(=O)O[C@H](COC(=O)CCCCCCCCCCCCc1oc(CCCCC)c(C)c1C)COP(=O)(O)OCCN. The van der Waals surface area contributed by atoms with Crippen LogP contribution in [0.2, 0.25) is 0 Å². The standard InChI is InChI=1S/C49H84NO11P/c1-5-7-9-10-11-12-13-14-17-20-23-27-31-44(51)45(52)32-30-36-49(54)60-43(40-59-62(55,56)58-38-37-50)39-57-48(53)35-29-25-22-19-16-15-18-21-24-28-34-47-42(4)41(3)46(61-47)33-26-8-6-2/h7,9,11-12,14,17,23,27,43-45,51-52H,5-6,8,10,13,15-16,18-22,24-26,28-40,50H2,1-4H3,(H,55,56)/b9-7-,12-11-,17-14-,27-23-/t43-,44-,45-/m1/s1. The first kappa shape index (κ1) is 57.2. The fourth-order valence-electron chi connectivity index (χ4n) is 6.72. The third-order valence-corrected chi connectivity index (χ3v) is 11.6. The Hall–Kier alpha value is -2.83. The Labute approximate surface area is 374 Å². The number of unbranched alkanes of at least 4 members (excludes halogenated alkanes) is 11. The molecule has 1 aromatic rings. The van der Waals surface area contributed by atoms with Crippen LogP contribution >= 0.6 is 7.82 Å². The summed E-state index contributed by atoms with van der Waals surface area (Å²) in [4.78, 5) is 35.1. The average molecular weight is 894 g/mol. The number of esters is 2. The molecule has 0 amide bonds. The summed E-state index contributed by atoms with van der Waals surface area (Å²) in [7, 11) is -4.47. The number of phosphoric acid groups is 1. The van der Waals surface area contributed by atoms with Crippen LogP contribution in [0.4, 0.5) is 0 Å². The van der Waals surface area contributed by atoms with Crippen molar-refractivity contribution in [3.8, 4) is 0 Å². The smallest absolute Gasteiger partial charge is 0.466 e. The first-order valence-electron chi connectivity index (χ1n) is 23.6. The highest BCUT2D eigenvalue weighted by molar-refractivity contribution is 7.47. The van der Waals surface area contributed by atoms with Gasteiger partial charge in [-0.3, -0.25) is 18.6 Å². The molecule has 356 valence electrons. The van der Waals surface area contributed by atoms with E-state index in [1.165, 1.54) is 74.0 Å². The molecule has 5 N–H and O–H groups in total. The third kappa shape index (κ3) is 30.3. The van der Waals surface area contributed by atoms with Gasteiger partial charge in [-0.2, -0.15) is 0 Å². The van der Waals surface area contributed by atoms with E-state index in [2.05, 4.69) is 58.1 Å². The van der Waals surface area contributed by atoms with Gasteiger partial charge in [-0.25, -0.2) is 4.57 Å². The summed E-state index contributed by atoms with van der Waals surface area (Å²) in [6.45, 7) is 7.60. The van der Waals surface area contributed by atoms with Gasteiger partial charge in [0, 0.05) is 32.2 Å². The van der Waals surface area contributed by atoms with Crippen LogP contribution in [0.25, 0.3) is 0 Å². The van der Waals surface area contributed by atoms with Crippen LogP contribution in [0.1, 0.15) is 178 Å². The fourth-order valence-corrected chi connectivity index (χ4v) is 7.49. The van der Waals surface area contributed by atoms with Gasteiger partial charge in [0.15, 0.2) is 6.10 Å². The molecule has 0 aliphatic rings. The van der Waals surface area contributed by atoms with Crippen LogP contribution in [-0.2, 0) is 45.5 Å². The third-order valence-electron chi connectivity index (χ3n) is 10.6. The molecule has 1 aromatic heterocycles. The maximum Gasteiger partial charge on any atom is 0.472 e. The molecule has 0 aromatic carbocycles. The van der Waals surface area contributed by atoms with Crippen molar-refractivity contribution in [1.29, 1.82) is 0 Å². The zero-order valence-corrected chi connectivity index (χ0v) is 39.7. The molecule has 13 heteroatoms. The molecule has 0 spiro atoms. The molecule has 1 unspecified atom stereocenters. The van der Waals surface area contributed by atoms with E-state index >= 15 is 0 Å². The molecule has 0 saturated carbocycles. The number of carbonyl (C=O) groups is 2. The van der Waals surface area contributed by atoms with Crippen molar-refractivity contribution in [3.63, 3.8) is 0 Å². The maximum atomic E-state index is 12.7. The Morgan fingerprint density at radius 3 is 1.74 bits per heavy atom. The quantitative estimate of drug-likeness (QED) is 0.0212. The van der Waals surface area contributed by atoms with Gasteiger partial charge in [0.2, 0.25) is 0 Å². The number of hydrogen-bond donors (Lipinski definition) is 4. The second kappa shape index (κ2) is 37.5. The Morgan fingerprint density at radius 2 is 1.18 bits per heavy atom. The van der Waals surface area contributed by atoms with Crippen molar-refractivity contribution in [2.45, 2.75) is 200 Å². The van der Waals surface area contributed by atoms with Gasteiger partial charge >= 0.3 is 19.8 Å². The Balaban J connectivity index is 2.31. The number of rotatable bonds is 40. The predicted octanol–water partition coefficient (Wildman–Crippen LogP) is 11.1. The van der Waals surface area contributed by atoms with Crippen LogP contribution in [-0.4, -0.2) is 71.7 Å². The van der Waals surface area contributed by atoms with E-state index in [9.17, 15) is 29.3 Å². The van der Waals surface area contributed by atoms with Crippen LogP contribution in [0.3, 0.4) is 0 Å². The van der Waals surface area contributed by atoms with Gasteiger partial charge in [-0.1, -0.05) is 127 Å². The molecule has 0 aliphatic heterocycles. The highest BCUT2D eigenvalue weighted by atomic mass is 31.2. The summed E-state index contributed by atoms with van der Waals surface area (Å²) in [6.07, 6.45) is 34.2. The minimum atomic E-state index is -4.47. The Morgan fingerprint density at radius 1 is 0.661 bits per heavy atom. The Bertz CT molecular complexity index is 1470. The van der Waals surface area contributed by atoms with Crippen molar-refractivity contribution in [3.05, 3.63) is 71.3 Å². The molecular weight excluding hydrogens is 810 g/mol. The Kier molecular flexibility index (Phi) is 34.6. The second-order valence-electron chi connectivity index (χ2n) is 16.1. The van der Waals surface area contributed by atoms with Gasteiger partial charge in [-0.05, 0) is 89.2 Å². The van der Waals surface area contributed by atoms with E-state index in [0.29, 0.717) is 6.42 Å². The van der Waals surface area contributed by atoms with Gasteiger partial charge in [0.1, 0.15) is 18.1 Å². The highest BCUT2D eigenvalue weighted by Gasteiger charge is 2.26. The molecule has 1 rings (SSSR count). The molecule has 0 radical (unpaired) electrons. The average Bonchev–Trinajstić information content (AvgIpc) is 3.52. The number of ether oxygens (including phenoxy) is 2. The number of aryl methyl sites for hydroxylation is 2. The number of furan rings is 1. The monoisotopic (exact) mass is 894 g/mol. The van der Waals surface area contributed by atoms with Crippen LogP contribution in [0, 0.1) is 13.8 Å². The van der Waals surface area contributed by atoms with E-state index in [1.807, 2.05) is 18.2 Å². The van der Waals surface area contributed by atoms with Crippen molar-refractivity contribution in [2.75, 3.05) is 26.4 Å². The first-order valence-corrected chi connectivity index (χ1v) is 25.1. The summed E-state index contributed by atoms with van der Waals surface area (Å²) in [5.41, 5.74) is 8.01. The first-order chi connectivity index (χ1) is 29.9. The lowest BCUT2D eigenvalue weighted by molar-refractivity contribution is -0.161. The minimum Gasteiger partial charge on any atom is -0.466 e. The predicted molar refractivity (Wildman–Crippen MR) is 249 cm³/mol. The van der Waals surface area contributed by atoms with Gasteiger partial charge in [0.25, 0.3) is 0 Å². The maximum absolute atomic E-state index is 12.7. The van der Waals surface area contributed by atoms with Crippen molar-refractivity contribution < 1.29 is 52.2 Å². The summed E-state index contributed by atoms with van der Waals surface area (Å²) >= 11 is 0. The summed E-state index contributed by atoms with van der Waals surface area (Å²) < 4.78 is 38.9. The van der Waals surface area contributed by atoms with E-state index in [-0.39, 0.29) is 51.9 Å². The van der Waals surface area contributed by atoms with Gasteiger partial charge < -0.3 is 34.7 Å². The normalized spacial score (nSPS) is 14.6. The van der Waals surface area contributed by atoms with E-state index in [4.69, 9.17) is 28.7 Å². The lowest BCUT2D eigenvalue weighted by Crippen LogP contribution is -2.30. The summed E-state index contributed by atoms with van der Waals surface area (Å²) in [5, 5.41) is 20.8. The largest absolute Gasteiger partial charge is 0.472 e. The number of aliphatic hydroxyl groups is 2. The van der Waals surface area contributed by atoms with E-state index in [1.54, 1.807) is 0 Å². The molecule has 4 atom stereocenters. The summed E-state index contributed by atoms with van der Waals surface area (Å²) in [5.74, 6) is 1.22. The van der Waals surface area contributed by atoms with E-state index in [0.717, 1.165) is 64.2 Å². The molecule has 0 aliphatic carbocycles. The zero-order chi connectivity index (χ0) is 45.7. The second-order valence-corrected chi connectivity index (χ2v) is 17.6. The van der Waals surface area contributed by atoms with Crippen molar-refractivity contribution in [2.24, 2.45) is 5.73 Å². The highest BCUT2D eigenvalue weighted by Crippen LogP contribution is 2.43. The number of nitrogens with two attached hydrogens (primary N) is 1. The van der Waals surface area contributed by atoms with Crippen LogP contribution < -0.4 is 5.73 Å². The number of phosphoric ester groups is 1. The molecular formula is C49H84NO11P. The van der Waals surface area contributed by atoms with Gasteiger partial charge in [-0.15, -0.1) is 0 Å². The number of hydrogen-bond acceptors (Lipinski definition) is 11. The lowest BCUT2D eigenvalue weighted by atomic mass is 10.0. The molecule has 0 bridgehead atoms. The number of allylic oxidation sites excluding steroid dienone is 7. The van der Waals surface area contributed by atoms with E-state index < -0.39 is 44.7 Å². The number of carbonyl (C=O) groups excluding carboxylic acids is 2. The minimum absolute atomic E-state index is 0.00116. The molecule has 12 nitrogen and oxygen atoms in total. The van der Waals surface area contributed by atoms with Gasteiger partial charge in [0.05, 0.1) is 25.4 Å².